The molecular weight excluding hydrogens is 264 g/mol. The fourth-order valence-electron chi connectivity index (χ4n) is 2.38. The Bertz CT molecular complexity index is 597. The van der Waals surface area contributed by atoms with Crippen LogP contribution in [0.15, 0.2) is 42.7 Å². The van der Waals surface area contributed by atoms with Crippen LogP contribution in [-0.4, -0.2) is 35.9 Å². The smallest absolute Gasteiger partial charge is 0.138 e. The Balaban J connectivity index is 1.73. The van der Waals surface area contributed by atoms with Crippen molar-refractivity contribution < 1.29 is 9.84 Å². The third-order valence-electron chi connectivity index (χ3n) is 3.75. The average Bonchev–Trinajstić information content (AvgIpc) is 2.47. The summed E-state index contributed by atoms with van der Waals surface area (Å²) < 4.78 is 5.78. The van der Waals surface area contributed by atoms with Crippen molar-refractivity contribution >= 4 is 0 Å². The topological polar surface area (TPSA) is 54.4 Å². The maximum Gasteiger partial charge on any atom is 0.138 e. The molecule has 1 saturated heterocycles. The summed E-state index contributed by atoms with van der Waals surface area (Å²) in [5.41, 5.74) is 3.26. The van der Waals surface area contributed by atoms with Crippen LogP contribution in [0.3, 0.4) is 0 Å². The number of hydrogen-bond acceptors (Lipinski definition) is 4. The zero-order valence-corrected chi connectivity index (χ0v) is 12.0. The third-order valence-corrected chi connectivity index (χ3v) is 3.75. The lowest BCUT2D eigenvalue weighted by atomic mass is 10.0. The first kappa shape index (κ1) is 14.0. The van der Waals surface area contributed by atoms with Gasteiger partial charge in [-0.1, -0.05) is 24.3 Å². The van der Waals surface area contributed by atoms with Crippen LogP contribution in [0.1, 0.15) is 12.0 Å². The van der Waals surface area contributed by atoms with E-state index in [-0.39, 0.29) is 6.61 Å². The minimum Gasteiger partial charge on any atom is -0.490 e. The van der Waals surface area contributed by atoms with Crippen molar-refractivity contribution in [1.82, 2.24) is 10.3 Å². The molecule has 0 bridgehead atoms. The first-order chi connectivity index (χ1) is 10.3. The summed E-state index contributed by atoms with van der Waals surface area (Å²) >= 11 is 0. The highest BCUT2D eigenvalue weighted by molar-refractivity contribution is 5.64. The summed E-state index contributed by atoms with van der Waals surface area (Å²) in [5.74, 6) is 0.800. The highest BCUT2D eigenvalue weighted by Gasteiger charge is 2.16. The Morgan fingerprint density at radius 1 is 1.24 bits per heavy atom. The zero-order valence-electron chi connectivity index (χ0n) is 12.0. The van der Waals surface area contributed by atoms with Crippen LogP contribution in [0.2, 0.25) is 0 Å². The van der Waals surface area contributed by atoms with Crippen LogP contribution in [0.5, 0.6) is 5.75 Å². The van der Waals surface area contributed by atoms with Crippen LogP contribution >= 0.6 is 0 Å². The van der Waals surface area contributed by atoms with Gasteiger partial charge in [0.2, 0.25) is 0 Å². The first-order valence-corrected chi connectivity index (χ1v) is 7.36. The number of aliphatic hydroxyl groups is 1. The van der Waals surface area contributed by atoms with E-state index < -0.39 is 0 Å². The van der Waals surface area contributed by atoms with Crippen LogP contribution in [0.25, 0.3) is 11.1 Å². The van der Waals surface area contributed by atoms with Gasteiger partial charge in [-0.2, -0.15) is 0 Å². The lowest BCUT2D eigenvalue weighted by molar-refractivity contribution is 0.217. The molecule has 2 aromatic rings. The summed E-state index contributed by atoms with van der Waals surface area (Å²) in [7, 11) is 0. The van der Waals surface area contributed by atoms with E-state index in [1.54, 1.807) is 6.20 Å². The van der Waals surface area contributed by atoms with Crippen molar-refractivity contribution in [1.29, 1.82) is 0 Å². The molecule has 0 radical (unpaired) electrons. The molecule has 0 saturated carbocycles. The highest BCUT2D eigenvalue weighted by Crippen LogP contribution is 2.24. The predicted octanol–water partition coefficient (Wildman–Crippen LogP) is 2.02. The highest BCUT2D eigenvalue weighted by atomic mass is 16.5. The van der Waals surface area contributed by atoms with Crippen molar-refractivity contribution in [2.45, 2.75) is 18.9 Å². The molecule has 1 aromatic heterocycles. The van der Waals surface area contributed by atoms with Gasteiger partial charge in [-0.3, -0.25) is 4.98 Å². The molecule has 3 rings (SSSR count). The van der Waals surface area contributed by atoms with E-state index in [0.29, 0.717) is 19.1 Å². The molecule has 0 aliphatic carbocycles. The summed E-state index contributed by atoms with van der Waals surface area (Å²) in [5, 5.41) is 12.4. The first-order valence-electron chi connectivity index (χ1n) is 7.36. The standard InChI is InChI=1S/C17H20N2O2/c20-7-5-13-2-1-3-14(8-13)15-9-17(11-18-10-15)21-12-16-4-6-19-16/h1-3,8-11,16,19-20H,4-7,12H2. The van der Waals surface area contributed by atoms with E-state index >= 15 is 0 Å². The average molecular weight is 284 g/mol. The van der Waals surface area contributed by atoms with Gasteiger partial charge < -0.3 is 15.2 Å². The van der Waals surface area contributed by atoms with Gasteiger partial charge in [0.15, 0.2) is 0 Å². The lowest BCUT2D eigenvalue weighted by Gasteiger charge is -2.27. The van der Waals surface area contributed by atoms with Crippen LogP contribution in [0, 0.1) is 0 Å². The van der Waals surface area contributed by atoms with Gasteiger partial charge in [-0.25, -0.2) is 0 Å². The predicted molar refractivity (Wildman–Crippen MR) is 82.4 cm³/mol. The Morgan fingerprint density at radius 2 is 2.14 bits per heavy atom. The second-order valence-electron chi connectivity index (χ2n) is 5.33. The normalized spacial score (nSPS) is 17.3. The van der Waals surface area contributed by atoms with Crippen LogP contribution in [0.4, 0.5) is 0 Å². The Kier molecular flexibility index (Phi) is 4.48. The molecule has 21 heavy (non-hydrogen) atoms. The van der Waals surface area contributed by atoms with Gasteiger partial charge in [-0.15, -0.1) is 0 Å². The van der Waals surface area contributed by atoms with Crippen molar-refractivity contribution in [3.05, 3.63) is 48.3 Å². The molecule has 2 heterocycles. The van der Waals surface area contributed by atoms with Gasteiger partial charge in [0.1, 0.15) is 12.4 Å². The molecule has 1 atom stereocenters. The van der Waals surface area contributed by atoms with E-state index in [2.05, 4.69) is 22.4 Å². The summed E-state index contributed by atoms with van der Waals surface area (Å²) in [6, 6.07) is 10.7. The van der Waals surface area contributed by atoms with Gasteiger partial charge in [0, 0.05) is 24.4 Å². The second-order valence-corrected chi connectivity index (χ2v) is 5.33. The molecule has 2 N–H and O–H groups in total. The SMILES string of the molecule is OCCc1cccc(-c2cncc(OCC3CCN3)c2)c1. The molecular formula is C17H20N2O2. The number of nitrogens with zero attached hydrogens (tertiary/aromatic N) is 1. The molecule has 110 valence electrons. The number of ether oxygens (including phenoxy) is 1. The minimum atomic E-state index is 0.166. The van der Waals surface area contributed by atoms with E-state index in [1.165, 1.54) is 6.42 Å². The molecule has 4 nitrogen and oxygen atoms in total. The lowest BCUT2D eigenvalue weighted by Crippen LogP contribution is -2.46. The minimum absolute atomic E-state index is 0.166. The summed E-state index contributed by atoms with van der Waals surface area (Å²) in [6.45, 7) is 1.94. The Labute approximate surface area is 124 Å². The van der Waals surface area contributed by atoms with E-state index in [0.717, 1.165) is 29.0 Å². The van der Waals surface area contributed by atoms with Gasteiger partial charge in [0.25, 0.3) is 0 Å². The fraction of sp³-hybridized carbons (Fsp3) is 0.353. The monoisotopic (exact) mass is 284 g/mol. The van der Waals surface area contributed by atoms with Gasteiger partial charge in [-0.05, 0) is 36.6 Å². The molecule has 1 fully saturated rings. The van der Waals surface area contributed by atoms with E-state index in [1.807, 2.05) is 24.4 Å². The van der Waals surface area contributed by atoms with E-state index in [9.17, 15) is 0 Å². The fourth-order valence-corrected chi connectivity index (χ4v) is 2.38. The van der Waals surface area contributed by atoms with Crippen molar-refractivity contribution in [2.24, 2.45) is 0 Å². The zero-order chi connectivity index (χ0) is 14.5. The van der Waals surface area contributed by atoms with Gasteiger partial charge >= 0.3 is 0 Å². The molecule has 1 unspecified atom stereocenters. The number of nitrogens with one attached hydrogen (secondary N) is 1. The molecule has 0 amide bonds. The molecule has 1 aliphatic heterocycles. The molecule has 1 aromatic carbocycles. The molecule has 1 aliphatic rings. The maximum atomic E-state index is 9.04. The van der Waals surface area contributed by atoms with Crippen LogP contribution < -0.4 is 10.1 Å². The second kappa shape index (κ2) is 6.70. The summed E-state index contributed by atoms with van der Waals surface area (Å²) in [4.78, 5) is 4.26. The van der Waals surface area contributed by atoms with Crippen molar-refractivity contribution in [3.63, 3.8) is 0 Å². The largest absolute Gasteiger partial charge is 0.490 e. The molecule has 4 heteroatoms. The number of aromatic nitrogens is 1. The number of pyridine rings is 1. The maximum absolute atomic E-state index is 9.04. The number of rotatable bonds is 6. The number of aliphatic hydroxyl groups excluding tert-OH is 1. The number of hydrogen-bond donors (Lipinski definition) is 2. The molecule has 0 spiro atoms. The third kappa shape index (κ3) is 3.60. The van der Waals surface area contributed by atoms with E-state index in [4.69, 9.17) is 9.84 Å². The van der Waals surface area contributed by atoms with Crippen LogP contribution in [-0.2, 0) is 6.42 Å². The Morgan fingerprint density at radius 3 is 2.90 bits per heavy atom. The quantitative estimate of drug-likeness (QED) is 0.852. The van der Waals surface area contributed by atoms with Gasteiger partial charge in [0.05, 0.1) is 6.20 Å². The number of benzene rings is 1. The van der Waals surface area contributed by atoms with Crippen molar-refractivity contribution in [3.8, 4) is 16.9 Å². The van der Waals surface area contributed by atoms with Crippen molar-refractivity contribution in [2.75, 3.05) is 19.8 Å². The summed E-state index contributed by atoms with van der Waals surface area (Å²) in [6.07, 6.45) is 5.44. The Hall–Kier alpha value is -1.91.